The molecule has 0 bridgehead atoms. The Kier molecular flexibility index (Phi) is 2.60. The molecule has 0 N–H and O–H groups in total. The van der Waals surface area contributed by atoms with E-state index < -0.39 is 0 Å². The van der Waals surface area contributed by atoms with Crippen LogP contribution in [0.4, 0.5) is 0 Å². The van der Waals surface area contributed by atoms with Crippen LogP contribution in [0.25, 0.3) is 11.5 Å². The van der Waals surface area contributed by atoms with Crippen molar-refractivity contribution in [1.82, 2.24) is 24.9 Å². The fourth-order valence-electron chi connectivity index (χ4n) is 1.70. The summed E-state index contributed by atoms with van der Waals surface area (Å²) in [6.07, 6.45) is 3.09. The molecule has 0 saturated heterocycles. The lowest BCUT2D eigenvalue weighted by Gasteiger charge is -1.97. The van der Waals surface area contributed by atoms with Gasteiger partial charge in [0.05, 0.1) is 0 Å². The second-order valence-corrected chi connectivity index (χ2v) is 3.92. The van der Waals surface area contributed by atoms with Gasteiger partial charge < -0.3 is 4.52 Å². The second-order valence-electron chi connectivity index (χ2n) is 3.92. The Bertz CT molecular complexity index is 644. The summed E-state index contributed by atoms with van der Waals surface area (Å²) in [6.45, 7) is 2.46. The molecule has 0 aliphatic carbocycles. The van der Waals surface area contributed by atoms with Crippen molar-refractivity contribution in [2.45, 2.75) is 13.5 Å². The highest BCUT2D eigenvalue weighted by Gasteiger charge is 2.10. The van der Waals surface area contributed by atoms with Crippen molar-refractivity contribution in [2.75, 3.05) is 0 Å². The first-order valence-corrected chi connectivity index (χ1v) is 5.54. The molecule has 18 heavy (non-hydrogen) atoms. The molecule has 0 saturated carbocycles. The molecular weight excluding hydrogens is 230 g/mol. The quantitative estimate of drug-likeness (QED) is 0.697. The lowest BCUT2D eigenvalue weighted by Crippen LogP contribution is -2.01. The van der Waals surface area contributed by atoms with Crippen LogP contribution in [-0.4, -0.2) is 24.9 Å². The van der Waals surface area contributed by atoms with Crippen LogP contribution >= 0.6 is 0 Å². The summed E-state index contributed by atoms with van der Waals surface area (Å²) in [6, 6.07) is 7.90. The van der Waals surface area contributed by atoms with Crippen LogP contribution in [-0.2, 0) is 6.54 Å². The summed E-state index contributed by atoms with van der Waals surface area (Å²) in [5.41, 5.74) is 2.06. The number of nitrogens with zero attached hydrogens (tertiary/aromatic N) is 5. The van der Waals surface area contributed by atoms with Gasteiger partial charge in [-0.05, 0) is 18.6 Å². The molecule has 3 rings (SSSR count). The van der Waals surface area contributed by atoms with Crippen LogP contribution in [0.2, 0.25) is 0 Å². The van der Waals surface area contributed by atoms with Gasteiger partial charge in [-0.15, -0.1) is 0 Å². The number of hydrogen-bond acceptors (Lipinski definition) is 5. The number of aromatic nitrogens is 5. The van der Waals surface area contributed by atoms with Gasteiger partial charge in [0.15, 0.2) is 5.82 Å². The number of benzene rings is 1. The summed E-state index contributed by atoms with van der Waals surface area (Å²) in [5.74, 6) is 1.11. The van der Waals surface area contributed by atoms with Crippen molar-refractivity contribution >= 4 is 0 Å². The summed E-state index contributed by atoms with van der Waals surface area (Å²) in [5, 5.41) is 7.93. The minimum Gasteiger partial charge on any atom is -0.334 e. The van der Waals surface area contributed by atoms with Gasteiger partial charge in [0, 0.05) is 5.56 Å². The summed E-state index contributed by atoms with van der Waals surface area (Å²) in [4.78, 5) is 8.21. The maximum Gasteiger partial charge on any atom is 0.258 e. The van der Waals surface area contributed by atoms with Gasteiger partial charge >= 0.3 is 0 Å². The minimum atomic E-state index is 0.454. The summed E-state index contributed by atoms with van der Waals surface area (Å²) >= 11 is 0. The molecule has 1 aromatic carbocycles. The number of hydrogen-bond donors (Lipinski definition) is 0. The van der Waals surface area contributed by atoms with E-state index in [0.717, 1.165) is 11.1 Å². The third kappa shape index (κ3) is 2.00. The molecular formula is C12H11N5O. The van der Waals surface area contributed by atoms with Crippen molar-refractivity contribution in [2.24, 2.45) is 0 Å². The Balaban J connectivity index is 1.88. The molecule has 90 valence electrons. The van der Waals surface area contributed by atoms with E-state index in [0.29, 0.717) is 18.3 Å². The maximum atomic E-state index is 5.26. The monoisotopic (exact) mass is 241 g/mol. The highest BCUT2D eigenvalue weighted by Crippen LogP contribution is 2.20. The lowest BCUT2D eigenvalue weighted by atomic mass is 10.1. The van der Waals surface area contributed by atoms with Gasteiger partial charge in [-0.3, -0.25) is 0 Å². The van der Waals surface area contributed by atoms with Gasteiger partial charge in [-0.25, -0.2) is 9.67 Å². The van der Waals surface area contributed by atoms with Crippen LogP contribution in [0.1, 0.15) is 11.4 Å². The zero-order valence-electron chi connectivity index (χ0n) is 9.82. The van der Waals surface area contributed by atoms with Crippen LogP contribution in [0.3, 0.4) is 0 Å². The Hall–Kier alpha value is -2.50. The van der Waals surface area contributed by atoms with Crippen LogP contribution in [0.5, 0.6) is 0 Å². The van der Waals surface area contributed by atoms with Gasteiger partial charge in [0.25, 0.3) is 5.89 Å². The van der Waals surface area contributed by atoms with E-state index in [1.165, 1.54) is 6.33 Å². The van der Waals surface area contributed by atoms with E-state index in [-0.39, 0.29) is 0 Å². The van der Waals surface area contributed by atoms with Gasteiger partial charge in [0.2, 0.25) is 0 Å². The zero-order valence-corrected chi connectivity index (χ0v) is 9.82. The van der Waals surface area contributed by atoms with Crippen molar-refractivity contribution in [3.8, 4) is 11.5 Å². The topological polar surface area (TPSA) is 69.6 Å². The molecule has 0 fully saturated rings. The summed E-state index contributed by atoms with van der Waals surface area (Å²) < 4.78 is 6.90. The molecule has 0 radical (unpaired) electrons. The third-order valence-corrected chi connectivity index (χ3v) is 2.61. The van der Waals surface area contributed by atoms with Gasteiger partial charge in [-0.1, -0.05) is 23.4 Å². The summed E-state index contributed by atoms with van der Waals surface area (Å²) in [7, 11) is 0. The highest BCUT2D eigenvalue weighted by molar-refractivity contribution is 5.57. The molecule has 0 spiro atoms. The molecule has 0 atom stereocenters. The first kappa shape index (κ1) is 10.6. The maximum absolute atomic E-state index is 5.26. The average molecular weight is 241 g/mol. The standard InChI is InChI=1S/C12H11N5O/c1-9-4-2-3-5-10(9)12-15-11(16-18-12)6-17-8-13-7-14-17/h2-5,7-8H,6H2,1H3. The zero-order chi connectivity index (χ0) is 12.4. The highest BCUT2D eigenvalue weighted by atomic mass is 16.5. The Morgan fingerprint density at radius 2 is 2.17 bits per heavy atom. The average Bonchev–Trinajstić information content (AvgIpc) is 3.02. The molecule has 3 aromatic rings. The SMILES string of the molecule is Cc1ccccc1-c1nc(Cn2cncn2)no1. The molecule has 0 aliphatic rings. The third-order valence-electron chi connectivity index (χ3n) is 2.61. The van der Waals surface area contributed by atoms with Crippen LogP contribution < -0.4 is 0 Å². The van der Waals surface area contributed by atoms with Gasteiger partial charge in [-0.2, -0.15) is 10.1 Å². The van der Waals surface area contributed by atoms with E-state index >= 15 is 0 Å². The second kappa shape index (κ2) is 4.40. The number of rotatable bonds is 3. The molecule has 6 nitrogen and oxygen atoms in total. The molecule has 0 aliphatic heterocycles. The Labute approximate surface area is 103 Å². The first-order chi connectivity index (χ1) is 8.83. The Morgan fingerprint density at radius 3 is 2.94 bits per heavy atom. The van der Waals surface area contributed by atoms with Crippen LogP contribution in [0.15, 0.2) is 41.4 Å². The fraction of sp³-hybridized carbons (Fsp3) is 0.167. The van der Waals surface area contributed by atoms with E-state index in [1.54, 1.807) is 11.0 Å². The van der Waals surface area contributed by atoms with Crippen molar-refractivity contribution in [3.05, 3.63) is 48.3 Å². The van der Waals surface area contributed by atoms with E-state index in [2.05, 4.69) is 20.2 Å². The number of aryl methyl sites for hydroxylation is 1. The van der Waals surface area contributed by atoms with Crippen molar-refractivity contribution in [3.63, 3.8) is 0 Å². The largest absolute Gasteiger partial charge is 0.334 e. The first-order valence-electron chi connectivity index (χ1n) is 5.54. The predicted octanol–water partition coefficient (Wildman–Crippen LogP) is 1.68. The van der Waals surface area contributed by atoms with E-state index in [1.807, 2.05) is 31.2 Å². The van der Waals surface area contributed by atoms with Gasteiger partial charge in [0.1, 0.15) is 19.2 Å². The normalized spacial score (nSPS) is 10.7. The minimum absolute atomic E-state index is 0.454. The van der Waals surface area contributed by atoms with E-state index in [4.69, 9.17) is 4.52 Å². The van der Waals surface area contributed by atoms with Crippen LogP contribution in [0, 0.1) is 6.92 Å². The fourth-order valence-corrected chi connectivity index (χ4v) is 1.70. The molecule has 2 aromatic heterocycles. The molecule has 0 amide bonds. The lowest BCUT2D eigenvalue weighted by molar-refractivity contribution is 0.418. The molecule has 0 unspecified atom stereocenters. The predicted molar refractivity (Wildman–Crippen MR) is 63.6 cm³/mol. The smallest absolute Gasteiger partial charge is 0.258 e. The van der Waals surface area contributed by atoms with Crippen molar-refractivity contribution in [1.29, 1.82) is 0 Å². The Morgan fingerprint density at radius 1 is 1.28 bits per heavy atom. The molecule has 2 heterocycles. The van der Waals surface area contributed by atoms with Crippen molar-refractivity contribution < 1.29 is 4.52 Å². The molecule has 6 heteroatoms. The van der Waals surface area contributed by atoms with E-state index in [9.17, 15) is 0 Å².